The van der Waals surface area contributed by atoms with Crippen molar-refractivity contribution in [2.45, 2.75) is 39.2 Å². The van der Waals surface area contributed by atoms with Gasteiger partial charge in [0.05, 0.1) is 22.7 Å². The van der Waals surface area contributed by atoms with Crippen LogP contribution in [-0.4, -0.2) is 40.1 Å². The van der Waals surface area contributed by atoms with E-state index in [-0.39, 0.29) is 18.6 Å². The Hall–Kier alpha value is -1.63. The van der Waals surface area contributed by atoms with Gasteiger partial charge in [-0.25, -0.2) is 9.78 Å². The Morgan fingerprint density at radius 1 is 1.62 bits per heavy atom. The largest absolute Gasteiger partial charge is 0.481 e. The molecule has 2 atom stereocenters. The van der Waals surface area contributed by atoms with Crippen molar-refractivity contribution in [3.8, 4) is 0 Å². The zero-order valence-electron chi connectivity index (χ0n) is 12.3. The Morgan fingerprint density at radius 3 is 3.00 bits per heavy atom. The van der Waals surface area contributed by atoms with E-state index in [4.69, 9.17) is 5.11 Å². The van der Waals surface area contributed by atoms with Crippen LogP contribution in [0.5, 0.6) is 0 Å². The second-order valence-electron chi connectivity index (χ2n) is 5.31. The van der Waals surface area contributed by atoms with Crippen molar-refractivity contribution in [1.29, 1.82) is 0 Å². The van der Waals surface area contributed by atoms with Gasteiger partial charge < -0.3 is 15.3 Å². The van der Waals surface area contributed by atoms with E-state index in [1.54, 1.807) is 16.2 Å². The summed E-state index contributed by atoms with van der Waals surface area (Å²) >= 11 is 1.59. The van der Waals surface area contributed by atoms with Crippen LogP contribution in [0.4, 0.5) is 4.79 Å². The molecule has 2 unspecified atom stereocenters. The maximum absolute atomic E-state index is 12.2. The third kappa shape index (κ3) is 3.93. The molecule has 1 aliphatic rings. The van der Waals surface area contributed by atoms with Crippen molar-refractivity contribution >= 4 is 23.3 Å². The number of nitrogens with zero attached hydrogens (tertiary/aromatic N) is 2. The molecule has 2 heterocycles. The van der Waals surface area contributed by atoms with E-state index in [1.807, 2.05) is 19.2 Å². The molecule has 1 aromatic heterocycles. The first-order valence-corrected chi connectivity index (χ1v) is 8.11. The van der Waals surface area contributed by atoms with Gasteiger partial charge in [0, 0.05) is 18.5 Å². The third-order valence-electron chi connectivity index (χ3n) is 3.71. The number of aryl methyl sites for hydroxylation is 1. The number of amides is 2. The average Bonchev–Trinajstić information content (AvgIpc) is 2.96. The minimum Gasteiger partial charge on any atom is -0.481 e. The van der Waals surface area contributed by atoms with Crippen molar-refractivity contribution in [2.75, 3.05) is 13.1 Å². The number of thiazole rings is 1. The summed E-state index contributed by atoms with van der Waals surface area (Å²) in [6.07, 6.45) is 2.26. The molecule has 0 radical (unpaired) electrons. The zero-order chi connectivity index (χ0) is 15.4. The minimum absolute atomic E-state index is 0.167. The van der Waals surface area contributed by atoms with Gasteiger partial charge in [0.15, 0.2) is 0 Å². The first-order chi connectivity index (χ1) is 10.0. The van der Waals surface area contributed by atoms with Crippen molar-refractivity contribution in [2.24, 2.45) is 5.92 Å². The molecule has 0 spiro atoms. The van der Waals surface area contributed by atoms with E-state index < -0.39 is 11.9 Å². The van der Waals surface area contributed by atoms with Crippen LogP contribution in [0.2, 0.25) is 0 Å². The van der Waals surface area contributed by atoms with Gasteiger partial charge >= 0.3 is 12.0 Å². The lowest BCUT2D eigenvalue weighted by Gasteiger charge is -2.31. The molecule has 0 bridgehead atoms. The molecule has 21 heavy (non-hydrogen) atoms. The van der Waals surface area contributed by atoms with Crippen molar-refractivity contribution in [1.82, 2.24) is 15.2 Å². The van der Waals surface area contributed by atoms with Crippen LogP contribution >= 0.6 is 11.3 Å². The molecular formula is C14H21N3O3S. The molecule has 2 amide bonds. The first-order valence-electron chi connectivity index (χ1n) is 7.23. The summed E-state index contributed by atoms with van der Waals surface area (Å²) in [5, 5.41) is 15.0. The Morgan fingerprint density at radius 2 is 2.38 bits per heavy atom. The van der Waals surface area contributed by atoms with Crippen molar-refractivity contribution in [3.05, 3.63) is 16.1 Å². The van der Waals surface area contributed by atoms with Gasteiger partial charge in [-0.15, -0.1) is 11.3 Å². The predicted molar refractivity (Wildman–Crippen MR) is 80.4 cm³/mol. The highest BCUT2D eigenvalue weighted by atomic mass is 32.1. The summed E-state index contributed by atoms with van der Waals surface area (Å²) in [6.45, 7) is 4.83. The quantitative estimate of drug-likeness (QED) is 0.893. The fraction of sp³-hybridized carbons (Fsp3) is 0.643. The van der Waals surface area contributed by atoms with Gasteiger partial charge in [-0.3, -0.25) is 4.79 Å². The van der Waals surface area contributed by atoms with E-state index in [9.17, 15) is 9.59 Å². The second-order valence-corrected chi connectivity index (χ2v) is 6.26. The summed E-state index contributed by atoms with van der Waals surface area (Å²) < 4.78 is 0. The Kier molecular flexibility index (Phi) is 5.17. The third-order valence-corrected chi connectivity index (χ3v) is 4.72. The normalized spacial score (nSPS) is 20.1. The van der Waals surface area contributed by atoms with Crippen LogP contribution in [0.15, 0.2) is 5.38 Å². The monoisotopic (exact) mass is 311 g/mol. The van der Waals surface area contributed by atoms with E-state index >= 15 is 0 Å². The summed E-state index contributed by atoms with van der Waals surface area (Å²) in [5.74, 6) is -1.28. The van der Waals surface area contributed by atoms with Crippen LogP contribution in [0, 0.1) is 5.92 Å². The van der Waals surface area contributed by atoms with E-state index in [2.05, 4.69) is 10.3 Å². The highest BCUT2D eigenvalue weighted by molar-refractivity contribution is 7.09. The smallest absolute Gasteiger partial charge is 0.317 e. The minimum atomic E-state index is -0.826. The molecule has 6 nitrogen and oxygen atoms in total. The van der Waals surface area contributed by atoms with Gasteiger partial charge in [0.1, 0.15) is 0 Å². The molecule has 2 N–H and O–H groups in total. The lowest BCUT2D eigenvalue weighted by Crippen LogP contribution is -2.47. The number of nitrogens with one attached hydrogen (secondary N) is 1. The molecule has 116 valence electrons. The van der Waals surface area contributed by atoms with Crippen molar-refractivity contribution in [3.63, 3.8) is 0 Å². The lowest BCUT2D eigenvalue weighted by molar-refractivity contribution is -0.143. The first kappa shape index (κ1) is 15.8. The number of carboxylic acid groups (broad SMARTS) is 1. The van der Waals surface area contributed by atoms with Crippen LogP contribution in [-0.2, 0) is 11.2 Å². The van der Waals surface area contributed by atoms with Gasteiger partial charge in [0.25, 0.3) is 0 Å². The zero-order valence-corrected chi connectivity index (χ0v) is 13.2. The number of aliphatic carboxylic acids is 1. The van der Waals surface area contributed by atoms with E-state index in [1.165, 1.54) is 0 Å². The standard InChI is InChI=1S/C14H21N3O3S/c1-3-12-16-11(8-21-12)9(2)15-14(20)17-6-4-5-10(7-17)13(18)19/h8-10H,3-7H2,1-2H3,(H,15,20)(H,18,19). The number of urea groups is 1. The number of hydrogen-bond acceptors (Lipinski definition) is 4. The number of likely N-dealkylation sites (tertiary alicyclic amines) is 1. The van der Waals surface area contributed by atoms with Gasteiger partial charge in [-0.2, -0.15) is 0 Å². The fourth-order valence-corrected chi connectivity index (χ4v) is 3.24. The fourth-order valence-electron chi connectivity index (χ4n) is 2.40. The van der Waals surface area contributed by atoms with Gasteiger partial charge in [0.2, 0.25) is 0 Å². The second kappa shape index (κ2) is 6.89. The Bertz CT molecular complexity index is 517. The summed E-state index contributed by atoms with van der Waals surface area (Å²) in [5.41, 5.74) is 0.858. The Labute approximate surface area is 128 Å². The van der Waals surface area contributed by atoms with Crippen LogP contribution < -0.4 is 5.32 Å². The highest BCUT2D eigenvalue weighted by Gasteiger charge is 2.28. The van der Waals surface area contributed by atoms with Crippen LogP contribution in [0.3, 0.4) is 0 Å². The van der Waals surface area contributed by atoms with Gasteiger partial charge in [-0.1, -0.05) is 6.92 Å². The Balaban J connectivity index is 1.92. The molecular weight excluding hydrogens is 290 g/mol. The predicted octanol–water partition coefficient (Wildman–Crippen LogP) is 2.27. The summed E-state index contributed by atoms with van der Waals surface area (Å²) in [4.78, 5) is 29.3. The van der Waals surface area contributed by atoms with E-state index in [0.29, 0.717) is 13.0 Å². The summed E-state index contributed by atoms with van der Waals surface area (Å²) in [6, 6.07) is -0.376. The molecule has 0 aromatic carbocycles. The number of aromatic nitrogens is 1. The molecule has 0 saturated carbocycles. The topological polar surface area (TPSA) is 82.5 Å². The SMILES string of the molecule is CCc1nc(C(C)NC(=O)N2CCCC(C(=O)O)C2)cs1. The van der Waals surface area contributed by atoms with Crippen LogP contribution in [0.1, 0.15) is 43.4 Å². The van der Waals surface area contributed by atoms with Gasteiger partial charge in [-0.05, 0) is 26.2 Å². The van der Waals surface area contributed by atoms with E-state index in [0.717, 1.165) is 23.5 Å². The van der Waals surface area contributed by atoms with Crippen LogP contribution in [0.25, 0.3) is 0 Å². The maximum atomic E-state index is 12.2. The maximum Gasteiger partial charge on any atom is 0.317 e. The molecule has 1 saturated heterocycles. The molecule has 7 heteroatoms. The summed E-state index contributed by atoms with van der Waals surface area (Å²) in [7, 11) is 0. The molecule has 1 fully saturated rings. The molecule has 1 aromatic rings. The number of carboxylic acids is 1. The molecule has 0 aliphatic carbocycles. The lowest BCUT2D eigenvalue weighted by atomic mass is 9.99. The number of carbonyl (C=O) groups is 2. The molecule has 2 rings (SSSR count). The number of rotatable bonds is 4. The highest BCUT2D eigenvalue weighted by Crippen LogP contribution is 2.19. The average molecular weight is 311 g/mol. The molecule has 1 aliphatic heterocycles. The number of carbonyl (C=O) groups excluding carboxylic acids is 1. The number of piperidine rings is 1. The van der Waals surface area contributed by atoms with Crippen molar-refractivity contribution < 1.29 is 14.7 Å². The number of hydrogen-bond donors (Lipinski definition) is 2.